The Bertz CT molecular complexity index is 1220. The molecular weight excluding hydrogens is 506 g/mol. The van der Waals surface area contributed by atoms with E-state index < -0.39 is 12.3 Å². The standard InChI is InChI=1S/C28H31N3O6S/c1-2-29-28(35)31-15-18-5-11-21(12-6-18)27-36-22(17-38-25-23(26(33)34)4-3-13-30-25)14-24(37-27)20-9-7-19(16-32)8-10-20/h3-13,22,24,27,32H,2,14-17H2,1H3,(H,33,34)(H2,29,31,35)/t22-,24+,27+/m1/s1. The van der Waals surface area contributed by atoms with E-state index in [4.69, 9.17) is 9.47 Å². The van der Waals surface area contributed by atoms with Gasteiger partial charge in [0.15, 0.2) is 6.29 Å². The number of aromatic nitrogens is 1. The number of rotatable bonds is 10. The number of carbonyl (C=O) groups is 2. The van der Waals surface area contributed by atoms with Crippen LogP contribution in [0.1, 0.15) is 58.4 Å². The molecule has 9 nitrogen and oxygen atoms in total. The molecule has 1 aromatic heterocycles. The minimum Gasteiger partial charge on any atom is -0.478 e. The highest BCUT2D eigenvalue weighted by molar-refractivity contribution is 7.99. The molecule has 0 aliphatic carbocycles. The number of nitrogens with one attached hydrogen (secondary N) is 2. The van der Waals surface area contributed by atoms with Gasteiger partial charge in [0.05, 0.1) is 24.4 Å². The summed E-state index contributed by atoms with van der Waals surface area (Å²) in [6.45, 7) is 2.78. The zero-order valence-electron chi connectivity index (χ0n) is 21.0. The van der Waals surface area contributed by atoms with Gasteiger partial charge in [-0.1, -0.05) is 48.5 Å². The van der Waals surface area contributed by atoms with Crippen LogP contribution in [0.25, 0.3) is 0 Å². The molecule has 0 saturated carbocycles. The van der Waals surface area contributed by atoms with Gasteiger partial charge in [-0.05, 0) is 35.7 Å². The quantitative estimate of drug-likeness (QED) is 0.280. The summed E-state index contributed by atoms with van der Waals surface area (Å²) in [5, 5.41) is 24.8. The van der Waals surface area contributed by atoms with Crippen molar-refractivity contribution in [2.75, 3.05) is 12.3 Å². The van der Waals surface area contributed by atoms with E-state index in [1.807, 2.05) is 55.5 Å². The van der Waals surface area contributed by atoms with Crippen LogP contribution >= 0.6 is 11.8 Å². The van der Waals surface area contributed by atoms with Crippen molar-refractivity contribution in [3.8, 4) is 0 Å². The molecule has 1 aliphatic rings. The van der Waals surface area contributed by atoms with Crippen LogP contribution in [0.2, 0.25) is 0 Å². The molecule has 10 heteroatoms. The van der Waals surface area contributed by atoms with Gasteiger partial charge in [0.25, 0.3) is 0 Å². The Kier molecular flexibility index (Phi) is 9.72. The Morgan fingerprint density at radius 2 is 1.71 bits per heavy atom. The lowest BCUT2D eigenvalue weighted by Gasteiger charge is -2.36. The molecule has 0 unspecified atom stereocenters. The van der Waals surface area contributed by atoms with Crippen LogP contribution in [0, 0.1) is 0 Å². The number of aromatic carboxylic acids is 1. The molecule has 3 atom stereocenters. The van der Waals surface area contributed by atoms with Crippen molar-refractivity contribution in [3.63, 3.8) is 0 Å². The highest BCUT2D eigenvalue weighted by Crippen LogP contribution is 2.39. The fourth-order valence-corrected chi connectivity index (χ4v) is 5.07. The Morgan fingerprint density at radius 3 is 2.39 bits per heavy atom. The van der Waals surface area contributed by atoms with Gasteiger partial charge >= 0.3 is 12.0 Å². The lowest BCUT2D eigenvalue weighted by molar-refractivity contribution is -0.245. The van der Waals surface area contributed by atoms with Gasteiger partial charge in [-0.3, -0.25) is 0 Å². The minimum absolute atomic E-state index is 0.0336. The summed E-state index contributed by atoms with van der Waals surface area (Å²) in [5.74, 6) is -0.522. The number of aliphatic hydroxyl groups excluding tert-OH is 1. The zero-order valence-corrected chi connectivity index (χ0v) is 21.8. The lowest BCUT2D eigenvalue weighted by atomic mass is 10.0. The third kappa shape index (κ3) is 7.32. The van der Waals surface area contributed by atoms with E-state index in [0.29, 0.717) is 30.3 Å². The Labute approximate surface area is 225 Å². The van der Waals surface area contributed by atoms with E-state index in [1.54, 1.807) is 18.3 Å². The van der Waals surface area contributed by atoms with Crippen molar-refractivity contribution >= 4 is 23.8 Å². The minimum atomic E-state index is -1.02. The molecule has 0 bridgehead atoms. The summed E-state index contributed by atoms with van der Waals surface area (Å²) in [7, 11) is 0. The maximum Gasteiger partial charge on any atom is 0.338 e. The lowest BCUT2D eigenvalue weighted by Crippen LogP contribution is -2.34. The number of hydrogen-bond donors (Lipinski definition) is 4. The number of carboxylic acids is 1. The molecule has 1 fully saturated rings. The molecule has 1 aliphatic heterocycles. The number of carboxylic acid groups (broad SMARTS) is 1. The van der Waals surface area contributed by atoms with Gasteiger partial charge in [0, 0.05) is 37.0 Å². The first-order valence-corrected chi connectivity index (χ1v) is 13.4. The van der Waals surface area contributed by atoms with Crippen LogP contribution in [0.15, 0.2) is 71.9 Å². The Balaban J connectivity index is 1.49. The Hall–Kier alpha value is -3.44. The summed E-state index contributed by atoms with van der Waals surface area (Å²) in [6.07, 6.45) is 1.03. The summed E-state index contributed by atoms with van der Waals surface area (Å²) in [6, 6.07) is 18.2. The number of ether oxygens (including phenoxy) is 2. The van der Waals surface area contributed by atoms with Crippen LogP contribution in [0.5, 0.6) is 0 Å². The zero-order chi connectivity index (χ0) is 26.9. The molecule has 2 heterocycles. The van der Waals surface area contributed by atoms with Crippen molar-refractivity contribution < 1.29 is 29.3 Å². The maximum absolute atomic E-state index is 11.7. The summed E-state index contributed by atoms with van der Waals surface area (Å²) in [4.78, 5) is 27.5. The van der Waals surface area contributed by atoms with Gasteiger partial charge in [0.1, 0.15) is 5.03 Å². The van der Waals surface area contributed by atoms with Crippen LogP contribution in [-0.4, -0.2) is 45.6 Å². The first-order valence-electron chi connectivity index (χ1n) is 12.4. The second kappa shape index (κ2) is 13.4. The third-order valence-electron chi connectivity index (χ3n) is 6.06. The molecule has 0 spiro atoms. The highest BCUT2D eigenvalue weighted by Gasteiger charge is 2.32. The van der Waals surface area contributed by atoms with Crippen LogP contribution < -0.4 is 10.6 Å². The number of thioether (sulfide) groups is 1. The van der Waals surface area contributed by atoms with E-state index in [-0.39, 0.29) is 30.4 Å². The van der Waals surface area contributed by atoms with E-state index in [2.05, 4.69) is 15.6 Å². The number of urea groups is 1. The predicted molar refractivity (Wildman–Crippen MR) is 143 cm³/mol. The second-order valence-electron chi connectivity index (χ2n) is 8.78. The number of nitrogens with zero attached hydrogens (tertiary/aromatic N) is 1. The molecule has 38 heavy (non-hydrogen) atoms. The highest BCUT2D eigenvalue weighted by atomic mass is 32.2. The second-order valence-corrected chi connectivity index (χ2v) is 9.79. The number of aliphatic hydroxyl groups is 1. The molecule has 0 radical (unpaired) electrons. The van der Waals surface area contributed by atoms with Crippen molar-refractivity contribution in [1.82, 2.24) is 15.6 Å². The fourth-order valence-electron chi connectivity index (χ4n) is 4.06. The molecule has 200 valence electrons. The van der Waals surface area contributed by atoms with Gasteiger partial charge in [-0.25, -0.2) is 14.6 Å². The number of pyridine rings is 1. The SMILES string of the molecule is CCNC(=O)NCc1ccc([C@H]2O[C@@H](CSc3ncccc3C(=O)O)C[C@@H](c3ccc(CO)cc3)O2)cc1. The first kappa shape index (κ1) is 27.6. The van der Waals surface area contributed by atoms with Crippen LogP contribution in [0.4, 0.5) is 4.79 Å². The average Bonchev–Trinajstić information content (AvgIpc) is 2.95. The first-order chi connectivity index (χ1) is 18.5. The normalized spacial score (nSPS) is 19.1. The van der Waals surface area contributed by atoms with Gasteiger partial charge in [-0.15, -0.1) is 11.8 Å². The largest absolute Gasteiger partial charge is 0.478 e. The van der Waals surface area contributed by atoms with Crippen LogP contribution in [-0.2, 0) is 22.6 Å². The monoisotopic (exact) mass is 537 g/mol. The van der Waals surface area contributed by atoms with Crippen molar-refractivity contribution in [1.29, 1.82) is 0 Å². The predicted octanol–water partition coefficient (Wildman–Crippen LogP) is 4.43. The van der Waals surface area contributed by atoms with Crippen molar-refractivity contribution in [2.45, 2.75) is 50.0 Å². The summed E-state index contributed by atoms with van der Waals surface area (Å²) >= 11 is 1.35. The number of benzene rings is 2. The molecule has 3 aromatic rings. The van der Waals surface area contributed by atoms with Crippen LogP contribution in [0.3, 0.4) is 0 Å². The average molecular weight is 538 g/mol. The molecule has 1 saturated heterocycles. The fraction of sp³-hybridized carbons (Fsp3) is 0.321. The van der Waals surface area contributed by atoms with E-state index >= 15 is 0 Å². The van der Waals surface area contributed by atoms with Crippen molar-refractivity contribution in [3.05, 3.63) is 94.7 Å². The molecule has 2 amide bonds. The van der Waals surface area contributed by atoms with Gasteiger partial charge < -0.3 is 30.3 Å². The summed E-state index contributed by atoms with van der Waals surface area (Å²) in [5.41, 5.74) is 3.72. The Morgan fingerprint density at radius 1 is 1.00 bits per heavy atom. The molecule has 4 N–H and O–H groups in total. The van der Waals surface area contributed by atoms with E-state index in [0.717, 1.165) is 22.3 Å². The van der Waals surface area contributed by atoms with Gasteiger partial charge in [0.2, 0.25) is 0 Å². The van der Waals surface area contributed by atoms with E-state index in [9.17, 15) is 19.8 Å². The topological polar surface area (TPSA) is 130 Å². The molecular formula is C28H31N3O6S. The number of carbonyl (C=O) groups excluding carboxylic acids is 1. The molecule has 4 rings (SSSR count). The maximum atomic E-state index is 11.7. The third-order valence-corrected chi connectivity index (χ3v) is 7.20. The molecule has 2 aromatic carbocycles. The summed E-state index contributed by atoms with van der Waals surface area (Å²) < 4.78 is 12.7. The number of hydrogen-bond acceptors (Lipinski definition) is 7. The smallest absolute Gasteiger partial charge is 0.338 e. The van der Waals surface area contributed by atoms with Gasteiger partial charge in [-0.2, -0.15) is 0 Å². The number of amides is 2. The van der Waals surface area contributed by atoms with E-state index in [1.165, 1.54) is 11.8 Å². The van der Waals surface area contributed by atoms with Crippen molar-refractivity contribution in [2.24, 2.45) is 0 Å².